The van der Waals surface area contributed by atoms with Gasteiger partial charge in [0.15, 0.2) is 0 Å². The van der Waals surface area contributed by atoms with Gasteiger partial charge in [0.25, 0.3) is 11.7 Å². The fourth-order valence-electron chi connectivity index (χ4n) is 2.20. The molecule has 0 saturated carbocycles. The summed E-state index contributed by atoms with van der Waals surface area (Å²) in [6.07, 6.45) is -4.02. The molecule has 0 amide bonds. The van der Waals surface area contributed by atoms with Crippen molar-refractivity contribution in [1.82, 2.24) is 4.57 Å². The van der Waals surface area contributed by atoms with Crippen LogP contribution in [0.1, 0.15) is 20.0 Å². The van der Waals surface area contributed by atoms with Crippen LogP contribution in [0.5, 0.6) is 0 Å². The fourth-order valence-corrected chi connectivity index (χ4v) is 2.86. The van der Waals surface area contributed by atoms with E-state index in [-0.39, 0.29) is 10.9 Å². The Labute approximate surface area is 126 Å². The maximum atomic E-state index is 12.7. The Morgan fingerprint density at radius 3 is 2.41 bits per heavy atom. The van der Waals surface area contributed by atoms with E-state index < -0.39 is 23.4 Å². The van der Waals surface area contributed by atoms with Gasteiger partial charge in [0.1, 0.15) is 0 Å². The zero-order valence-corrected chi connectivity index (χ0v) is 11.7. The highest BCUT2D eigenvalue weighted by Gasteiger charge is 2.41. The molecule has 0 N–H and O–H groups in total. The number of rotatable bonds is 2. The van der Waals surface area contributed by atoms with Gasteiger partial charge in [-0.1, -0.05) is 24.3 Å². The highest BCUT2D eigenvalue weighted by molar-refractivity contribution is 7.12. The maximum Gasteiger partial charge on any atom is 0.454 e. The normalized spacial score (nSPS) is 11.8. The van der Waals surface area contributed by atoms with Crippen molar-refractivity contribution in [3.05, 3.63) is 58.4 Å². The number of carbonyl (C=O) groups is 2. The summed E-state index contributed by atoms with van der Waals surface area (Å²) in [5, 5.41) is 1.80. The molecule has 0 fully saturated rings. The molecular weight excluding hydrogens is 315 g/mol. The molecule has 0 unspecified atom stereocenters. The highest BCUT2D eigenvalue weighted by atomic mass is 32.1. The number of nitrogens with zero attached hydrogens (tertiary/aromatic N) is 1. The van der Waals surface area contributed by atoms with Crippen molar-refractivity contribution in [3.63, 3.8) is 0 Å². The molecule has 0 radical (unpaired) electrons. The number of ketones is 1. The Kier molecular flexibility index (Phi) is 3.37. The minimum Gasteiger partial charge on any atom is -0.284 e. The van der Waals surface area contributed by atoms with Gasteiger partial charge >= 0.3 is 6.18 Å². The first-order valence-electron chi connectivity index (χ1n) is 6.19. The third-order valence-corrected chi connectivity index (χ3v) is 4.02. The average molecular weight is 323 g/mol. The molecule has 0 spiro atoms. The Bertz CT molecular complexity index is 863. The van der Waals surface area contributed by atoms with Crippen LogP contribution in [0.4, 0.5) is 13.2 Å². The monoisotopic (exact) mass is 323 g/mol. The predicted octanol–water partition coefficient (Wildman–Crippen LogP) is 4.14. The summed E-state index contributed by atoms with van der Waals surface area (Å²) in [6.45, 7) is 0. The van der Waals surface area contributed by atoms with Gasteiger partial charge in [0, 0.05) is 11.6 Å². The van der Waals surface area contributed by atoms with Crippen LogP contribution < -0.4 is 0 Å². The molecule has 0 bridgehead atoms. The molecule has 0 aliphatic carbocycles. The van der Waals surface area contributed by atoms with Crippen LogP contribution in [0.15, 0.2) is 48.0 Å². The lowest BCUT2D eigenvalue weighted by Gasteiger charge is -2.02. The fraction of sp³-hybridized carbons (Fsp3) is 0.0667. The van der Waals surface area contributed by atoms with Crippen molar-refractivity contribution in [2.45, 2.75) is 6.18 Å². The van der Waals surface area contributed by atoms with Crippen molar-refractivity contribution in [2.75, 3.05) is 0 Å². The molecule has 0 aliphatic rings. The van der Waals surface area contributed by atoms with Crippen molar-refractivity contribution >= 4 is 33.9 Å². The third kappa shape index (κ3) is 2.33. The summed E-state index contributed by atoms with van der Waals surface area (Å²) < 4.78 is 39.2. The van der Waals surface area contributed by atoms with Gasteiger partial charge in [-0.25, -0.2) is 0 Å². The van der Waals surface area contributed by atoms with Crippen LogP contribution in [-0.4, -0.2) is 22.4 Å². The van der Waals surface area contributed by atoms with Crippen molar-refractivity contribution < 1.29 is 22.8 Å². The minimum atomic E-state index is -4.99. The topological polar surface area (TPSA) is 39.1 Å². The van der Waals surface area contributed by atoms with E-state index in [1.807, 2.05) is 0 Å². The van der Waals surface area contributed by atoms with Crippen LogP contribution in [-0.2, 0) is 0 Å². The van der Waals surface area contributed by atoms with Gasteiger partial charge in [-0.3, -0.25) is 14.2 Å². The molecule has 7 heteroatoms. The van der Waals surface area contributed by atoms with E-state index in [1.165, 1.54) is 29.5 Å². The number of Topliss-reactive ketones (excluding diaryl/α,β-unsaturated/α-hetero) is 1. The standard InChI is InChI=1S/C15H8F3NO2S/c16-15(17,18)13(20)10-8-19(11-5-2-1-4-9(10)11)14(21)12-6-3-7-22-12/h1-8H. The van der Waals surface area contributed by atoms with Crippen LogP contribution in [0.2, 0.25) is 0 Å². The number of alkyl halides is 3. The SMILES string of the molecule is O=C(c1cccs1)n1cc(C(=O)C(F)(F)F)c2ccccc21. The Morgan fingerprint density at radius 1 is 1.05 bits per heavy atom. The van der Waals surface area contributed by atoms with Crippen LogP contribution >= 0.6 is 11.3 Å². The number of hydrogen-bond donors (Lipinski definition) is 0. The van der Waals surface area contributed by atoms with Crippen molar-refractivity contribution in [2.24, 2.45) is 0 Å². The highest BCUT2D eigenvalue weighted by Crippen LogP contribution is 2.29. The molecule has 2 aromatic heterocycles. The van der Waals surface area contributed by atoms with E-state index in [0.29, 0.717) is 4.88 Å². The lowest BCUT2D eigenvalue weighted by molar-refractivity contribution is -0.0884. The molecule has 3 rings (SSSR count). The Morgan fingerprint density at radius 2 is 1.77 bits per heavy atom. The number of carbonyl (C=O) groups excluding carboxylic acids is 2. The van der Waals surface area contributed by atoms with Crippen LogP contribution in [0.25, 0.3) is 10.9 Å². The van der Waals surface area contributed by atoms with E-state index >= 15 is 0 Å². The zero-order valence-electron chi connectivity index (χ0n) is 10.9. The zero-order chi connectivity index (χ0) is 15.9. The molecule has 0 aliphatic heterocycles. The first kappa shape index (κ1) is 14.5. The number of thiophene rings is 1. The lowest BCUT2D eigenvalue weighted by atomic mass is 10.1. The number of para-hydroxylation sites is 1. The second-order valence-electron chi connectivity index (χ2n) is 4.54. The summed E-state index contributed by atoms with van der Waals surface area (Å²) in [6, 6.07) is 9.27. The van der Waals surface area contributed by atoms with Crippen molar-refractivity contribution in [1.29, 1.82) is 0 Å². The lowest BCUT2D eigenvalue weighted by Crippen LogP contribution is -2.22. The average Bonchev–Trinajstić information content (AvgIpc) is 3.13. The van der Waals surface area contributed by atoms with Crippen LogP contribution in [0.3, 0.4) is 0 Å². The van der Waals surface area contributed by atoms with Gasteiger partial charge in [-0.15, -0.1) is 11.3 Å². The maximum absolute atomic E-state index is 12.7. The number of hydrogen-bond acceptors (Lipinski definition) is 3. The van der Waals surface area contributed by atoms with Gasteiger partial charge in [0.05, 0.1) is 16.0 Å². The number of fused-ring (bicyclic) bond motifs is 1. The largest absolute Gasteiger partial charge is 0.454 e. The number of aromatic nitrogens is 1. The second kappa shape index (κ2) is 5.10. The third-order valence-electron chi connectivity index (χ3n) is 3.16. The van der Waals surface area contributed by atoms with Gasteiger partial charge in [0.2, 0.25) is 0 Å². The van der Waals surface area contributed by atoms with Gasteiger partial charge in [-0.05, 0) is 17.5 Å². The van der Waals surface area contributed by atoms with Crippen LogP contribution in [0, 0.1) is 0 Å². The molecule has 3 nitrogen and oxygen atoms in total. The molecule has 0 saturated heterocycles. The van der Waals surface area contributed by atoms with Gasteiger partial charge in [-0.2, -0.15) is 13.2 Å². The van der Waals surface area contributed by atoms with E-state index in [9.17, 15) is 22.8 Å². The first-order valence-corrected chi connectivity index (χ1v) is 7.07. The molecular formula is C15H8F3NO2S. The summed E-state index contributed by atoms with van der Waals surface area (Å²) in [4.78, 5) is 24.3. The first-order chi connectivity index (χ1) is 10.4. The quantitative estimate of drug-likeness (QED) is 0.665. The Hall–Kier alpha value is -2.41. The van der Waals surface area contributed by atoms with Crippen molar-refractivity contribution in [3.8, 4) is 0 Å². The number of halogens is 3. The summed E-state index contributed by atoms with van der Waals surface area (Å²) in [5.74, 6) is -2.42. The number of benzene rings is 1. The minimum absolute atomic E-state index is 0.106. The molecule has 3 aromatic rings. The second-order valence-corrected chi connectivity index (χ2v) is 5.49. The molecule has 2 heterocycles. The molecule has 0 atom stereocenters. The summed E-state index contributed by atoms with van der Waals surface area (Å²) in [7, 11) is 0. The smallest absolute Gasteiger partial charge is 0.284 e. The Balaban J connectivity index is 2.21. The van der Waals surface area contributed by atoms with E-state index in [0.717, 1.165) is 10.8 Å². The summed E-state index contributed by atoms with van der Waals surface area (Å²) in [5.41, 5.74) is -0.249. The molecule has 112 valence electrons. The molecule has 1 aromatic carbocycles. The summed E-state index contributed by atoms with van der Waals surface area (Å²) >= 11 is 1.18. The van der Waals surface area contributed by atoms with Gasteiger partial charge < -0.3 is 0 Å². The molecule has 22 heavy (non-hydrogen) atoms. The van der Waals surface area contributed by atoms with E-state index in [1.54, 1.807) is 23.6 Å². The van der Waals surface area contributed by atoms with E-state index in [4.69, 9.17) is 0 Å². The van der Waals surface area contributed by atoms with E-state index in [2.05, 4.69) is 0 Å². The predicted molar refractivity (Wildman–Crippen MR) is 76.4 cm³/mol.